The van der Waals surface area contributed by atoms with Gasteiger partial charge in [0.05, 0.1) is 0 Å². The molecule has 102 valence electrons. The molecule has 0 saturated heterocycles. The maximum absolute atomic E-state index is 12.7. The third kappa shape index (κ3) is 3.18. The Bertz CT molecular complexity index is 558. The van der Waals surface area contributed by atoms with Crippen molar-refractivity contribution in [1.29, 1.82) is 0 Å². The number of aryl methyl sites for hydroxylation is 1. The molecule has 0 amide bonds. The number of benzene rings is 1. The molecule has 2 nitrogen and oxygen atoms in total. The molecule has 0 aliphatic rings. The quantitative estimate of drug-likeness (QED) is 0.793. The molecule has 1 aromatic heterocycles. The van der Waals surface area contributed by atoms with Crippen LogP contribution in [-0.2, 0) is 12.7 Å². The Balaban J connectivity index is 2.48. The topological polar surface area (TPSA) is 17.8 Å². The lowest BCUT2D eigenvalue weighted by atomic mass is 10.2. The highest BCUT2D eigenvalue weighted by Crippen LogP contribution is 2.31. The van der Waals surface area contributed by atoms with Gasteiger partial charge in [0, 0.05) is 22.8 Å². The number of hydrogen-bond donors (Lipinski definition) is 0. The van der Waals surface area contributed by atoms with Crippen LogP contribution in [0.2, 0.25) is 0 Å². The standard InChI is InChI=1S/C13H12BrF3N2/c1-2-7-19-8-11(13(15,16)17)18-12(19)9-3-5-10(14)6-4-9/h3-6,8H,2,7H2,1H3. The van der Waals surface area contributed by atoms with Gasteiger partial charge in [-0.2, -0.15) is 13.2 Å². The number of halogens is 4. The van der Waals surface area contributed by atoms with E-state index in [1.54, 1.807) is 28.8 Å². The van der Waals surface area contributed by atoms with Gasteiger partial charge in [0.1, 0.15) is 5.82 Å². The van der Waals surface area contributed by atoms with E-state index in [4.69, 9.17) is 0 Å². The zero-order valence-corrected chi connectivity index (χ0v) is 11.8. The third-order valence-electron chi connectivity index (χ3n) is 2.63. The van der Waals surface area contributed by atoms with Gasteiger partial charge in [0.15, 0.2) is 5.69 Å². The Morgan fingerprint density at radius 2 is 1.84 bits per heavy atom. The summed E-state index contributed by atoms with van der Waals surface area (Å²) in [6.07, 6.45) is -2.60. The molecule has 2 aromatic rings. The summed E-state index contributed by atoms with van der Waals surface area (Å²) in [5.41, 5.74) is -0.175. The smallest absolute Gasteiger partial charge is 0.330 e. The molecule has 0 unspecified atom stereocenters. The summed E-state index contributed by atoms with van der Waals surface area (Å²) in [6, 6.07) is 7.07. The van der Waals surface area contributed by atoms with Crippen molar-refractivity contribution in [2.24, 2.45) is 0 Å². The van der Waals surface area contributed by atoms with Crippen molar-refractivity contribution >= 4 is 15.9 Å². The predicted molar refractivity (Wildman–Crippen MR) is 70.7 cm³/mol. The van der Waals surface area contributed by atoms with E-state index in [9.17, 15) is 13.2 Å². The summed E-state index contributed by atoms with van der Waals surface area (Å²) in [5.74, 6) is 0.349. The highest BCUT2D eigenvalue weighted by Gasteiger charge is 2.34. The molecule has 0 fully saturated rings. The van der Waals surface area contributed by atoms with Crippen molar-refractivity contribution in [3.8, 4) is 11.4 Å². The van der Waals surface area contributed by atoms with E-state index in [0.717, 1.165) is 17.1 Å². The largest absolute Gasteiger partial charge is 0.434 e. The van der Waals surface area contributed by atoms with Crippen LogP contribution in [0.1, 0.15) is 19.0 Å². The number of nitrogens with zero attached hydrogens (tertiary/aromatic N) is 2. The van der Waals surface area contributed by atoms with Gasteiger partial charge in [0.2, 0.25) is 0 Å². The van der Waals surface area contributed by atoms with E-state index >= 15 is 0 Å². The van der Waals surface area contributed by atoms with Crippen LogP contribution in [0.4, 0.5) is 13.2 Å². The van der Waals surface area contributed by atoms with E-state index < -0.39 is 11.9 Å². The summed E-state index contributed by atoms with van der Waals surface area (Å²) >= 11 is 3.30. The van der Waals surface area contributed by atoms with Gasteiger partial charge in [0.25, 0.3) is 0 Å². The average molecular weight is 333 g/mol. The molecule has 0 spiro atoms. The molecule has 0 atom stereocenters. The predicted octanol–water partition coefficient (Wildman–Crippen LogP) is 4.74. The van der Waals surface area contributed by atoms with E-state index in [1.807, 2.05) is 6.92 Å². The minimum atomic E-state index is -4.41. The third-order valence-corrected chi connectivity index (χ3v) is 3.16. The van der Waals surface area contributed by atoms with Crippen molar-refractivity contribution in [3.63, 3.8) is 0 Å². The molecule has 19 heavy (non-hydrogen) atoms. The number of hydrogen-bond acceptors (Lipinski definition) is 1. The first-order valence-electron chi connectivity index (χ1n) is 5.82. The van der Waals surface area contributed by atoms with E-state index in [-0.39, 0.29) is 0 Å². The van der Waals surface area contributed by atoms with Crippen LogP contribution in [0.3, 0.4) is 0 Å². The normalized spacial score (nSPS) is 11.8. The van der Waals surface area contributed by atoms with Crippen LogP contribution < -0.4 is 0 Å². The molecule has 1 aromatic carbocycles. The van der Waals surface area contributed by atoms with Gasteiger partial charge in [-0.25, -0.2) is 4.98 Å². The van der Waals surface area contributed by atoms with E-state index in [0.29, 0.717) is 17.9 Å². The number of alkyl halides is 3. The number of rotatable bonds is 3. The minimum absolute atomic E-state index is 0.349. The Morgan fingerprint density at radius 1 is 1.21 bits per heavy atom. The van der Waals surface area contributed by atoms with Crippen molar-refractivity contribution in [1.82, 2.24) is 9.55 Å². The van der Waals surface area contributed by atoms with Gasteiger partial charge >= 0.3 is 6.18 Å². The summed E-state index contributed by atoms with van der Waals surface area (Å²) in [4.78, 5) is 3.72. The lowest BCUT2D eigenvalue weighted by molar-refractivity contribution is -0.140. The van der Waals surface area contributed by atoms with Crippen LogP contribution in [0.25, 0.3) is 11.4 Å². The Labute approximate surface area is 117 Å². The molecule has 2 rings (SSSR count). The lowest BCUT2D eigenvalue weighted by Gasteiger charge is -2.05. The van der Waals surface area contributed by atoms with Crippen LogP contribution in [0, 0.1) is 0 Å². The zero-order valence-electron chi connectivity index (χ0n) is 10.2. The second-order valence-corrected chi connectivity index (χ2v) is 5.06. The molecule has 0 bridgehead atoms. The van der Waals surface area contributed by atoms with E-state index in [2.05, 4.69) is 20.9 Å². The molecular weight excluding hydrogens is 321 g/mol. The monoisotopic (exact) mass is 332 g/mol. The Kier molecular flexibility index (Phi) is 3.99. The molecule has 0 saturated carbocycles. The molecular formula is C13H12BrF3N2. The highest BCUT2D eigenvalue weighted by molar-refractivity contribution is 9.10. The van der Waals surface area contributed by atoms with E-state index in [1.165, 1.54) is 0 Å². The minimum Gasteiger partial charge on any atom is -0.330 e. The van der Waals surface area contributed by atoms with Gasteiger partial charge in [-0.3, -0.25) is 0 Å². The molecule has 6 heteroatoms. The average Bonchev–Trinajstić information content (AvgIpc) is 2.74. The summed E-state index contributed by atoms with van der Waals surface area (Å²) in [7, 11) is 0. The van der Waals surface area contributed by atoms with Gasteiger partial charge in [-0.05, 0) is 18.6 Å². The lowest BCUT2D eigenvalue weighted by Crippen LogP contribution is -2.05. The fourth-order valence-electron chi connectivity index (χ4n) is 1.79. The molecule has 0 aliphatic carbocycles. The highest BCUT2D eigenvalue weighted by atomic mass is 79.9. The first-order chi connectivity index (χ1) is 8.91. The Morgan fingerprint density at radius 3 is 2.37 bits per heavy atom. The van der Waals surface area contributed by atoms with Crippen LogP contribution in [0.15, 0.2) is 34.9 Å². The zero-order chi connectivity index (χ0) is 14.0. The van der Waals surface area contributed by atoms with Gasteiger partial charge in [-0.1, -0.05) is 35.0 Å². The molecule has 1 heterocycles. The summed E-state index contributed by atoms with van der Waals surface area (Å²) in [5, 5.41) is 0. The summed E-state index contributed by atoms with van der Waals surface area (Å²) < 4.78 is 40.6. The Hall–Kier alpha value is -1.30. The van der Waals surface area contributed by atoms with Crippen molar-refractivity contribution < 1.29 is 13.2 Å². The maximum Gasteiger partial charge on any atom is 0.434 e. The van der Waals surface area contributed by atoms with Crippen molar-refractivity contribution in [2.75, 3.05) is 0 Å². The SMILES string of the molecule is CCCn1cc(C(F)(F)F)nc1-c1ccc(Br)cc1. The fourth-order valence-corrected chi connectivity index (χ4v) is 2.06. The maximum atomic E-state index is 12.7. The molecule has 0 aliphatic heterocycles. The van der Waals surface area contributed by atoms with Gasteiger partial charge in [-0.15, -0.1) is 0 Å². The van der Waals surface area contributed by atoms with Crippen molar-refractivity contribution in [3.05, 3.63) is 40.6 Å². The van der Waals surface area contributed by atoms with Gasteiger partial charge < -0.3 is 4.57 Å². The van der Waals surface area contributed by atoms with Crippen LogP contribution >= 0.6 is 15.9 Å². The first-order valence-corrected chi connectivity index (χ1v) is 6.61. The first kappa shape index (κ1) is 14.1. The summed E-state index contributed by atoms with van der Waals surface area (Å²) in [6.45, 7) is 2.42. The van der Waals surface area contributed by atoms with Crippen LogP contribution in [0.5, 0.6) is 0 Å². The van der Waals surface area contributed by atoms with Crippen molar-refractivity contribution in [2.45, 2.75) is 26.1 Å². The van der Waals surface area contributed by atoms with Crippen LogP contribution in [-0.4, -0.2) is 9.55 Å². The molecule has 0 radical (unpaired) electrons. The second kappa shape index (κ2) is 5.36. The number of imidazole rings is 1. The molecule has 0 N–H and O–H groups in total. The second-order valence-electron chi connectivity index (χ2n) is 4.15. The fraction of sp³-hybridized carbons (Fsp3) is 0.308. The number of aromatic nitrogens is 2.